The lowest BCUT2D eigenvalue weighted by molar-refractivity contribution is -0.138. The molecule has 1 saturated heterocycles. The Kier molecular flexibility index (Phi) is 9.55. The van der Waals surface area contributed by atoms with E-state index < -0.39 is 41.3 Å². The highest BCUT2D eigenvalue weighted by Gasteiger charge is 2.41. The van der Waals surface area contributed by atoms with Crippen LogP contribution in [0.4, 0.5) is 35.2 Å². The first-order valence-electron chi connectivity index (χ1n) is 16.9. The number of piperidine rings is 1. The highest BCUT2D eigenvalue weighted by molar-refractivity contribution is 5.94. The predicted octanol–water partition coefficient (Wildman–Crippen LogP) is 9.36. The van der Waals surface area contributed by atoms with E-state index in [1.807, 2.05) is 42.5 Å². The monoisotopic (exact) mass is 673 g/mol. The van der Waals surface area contributed by atoms with Crippen LogP contribution in [0.1, 0.15) is 82.0 Å². The van der Waals surface area contributed by atoms with Crippen molar-refractivity contribution in [2.45, 2.75) is 90.1 Å². The van der Waals surface area contributed by atoms with Crippen molar-refractivity contribution in [3.8, 4) is 0 Å². The van der Waals surface area contributed by atoms with Gasteiger partial charge < -0.3 is 19.9 Å². The van der Waals surface area contributed by atoms with Crippen LogP contribution in [0.3, 0.4) is 0 Å². The Labute approximate surface area is 284 Å². The molecule has 6 rings (SSSR count). The fraction of sp³-hybridized carbons (Fsp3) is 0.421. The first-order valence-corrected chi connectivity index (χ1v) is 16.9. The number of halogens is 3. The second-order valence-corrected chi connectivity index (χ2v) is 14.0. The molecule has 0 radical (unpaired) electrons. The van der Waals surface area contributed by atoms with Crippen molar-refractivity contribution in [3.05, 3.63) is 89.7 Å². The molecule has 0 bridgehead atoms. The third-order valence-electron chi connectivity index (χ3n) is 9.34. The molecule has 8 nitrogen and oxygen atoms in total. The van der Waals surface area contributed by atoms with E-state index >= 15 is 0 Å². The van der Waals surface area contributed by atoms with Gasteiger partial charge in [0, 0.05) is 41.7 Å². The summed E-state index contributed by atoms with van der Waals surface area (Å²) in [6, 6.07) is 17.0. The number of likely N-dealkylation sites (tertiary alicyclic amines) is 1. The average molecular weight is 674 g/mol. The number of alkyl halides is 3. The number of nitrogens with one attached hydrogen (secondary N) is 1. The fourth-order valence-electron chi connectivity index (χ4n) is 7.11. The minimum absolute atomic E-state index is 0.0508. The first-order chi connectivity index (χ1) is 23.3. The van der Waals surface area contributed by atoms with Crippen LogP contribution in [-0.4, -0.2) is 45.1 Å². The zero-order valence-electron chi connectivity index (χ0n) is 28.3. The van der Waals surface area contributed by atoms with E-state index in [1.165, 1.54) is 19.1 Å². The minimum atomic E-state index is -4.56. The molecular formula is C38H42F3N5O3. The summed E-state index contributed by atoms with van der Waals surface area (Å²) in [6.07, 6.45) is 3.69. The predicted molar refractivity (Wildman–Crippen MR) is 184 cm³/mol. The summed E-state index contributed by atoms with van der Waals surface area (Å²) in [5.41, 5.74) is 1.00. The first kappa shape index (κ1) is 34.2. The van der Waals surface area contributed by atoms with Crippen LogP contribution in [0.2, 0.25) is 0 Å². The molecule has 0 spiro atoms. The van der Waals surface area contributed by atoms with Gasteiger partial charge in [0.2, 0.25) is 5.91 Å². The molecule has 2 fully saturated rings. The largest absolute Gasteiger partial charge is 0.444 e. The van der Waals surface area contributed by atoms with Gasteiger partial charge in [0.25, 0.3) is 0 Å². The van der Waals surface area contributed by atoms with Crippen LogP contribution in [0.15, 0.2) is 73.1 Å². The van der Waals surface area contributed by atoms with Crippen molar-refractivity contribution in [3.63, 3.8) is 0 Å². The molecule has 2 aromatic heterocycles. The fourth-order valence-corrected chi connectivity index (χ4v) is 7.11. The van der Waals surface area contributed by atoms with Crippen LogP contribution in [0.5, 0.6) is 0 Å². The molecule has 0 unspecified atom stereocenters. The Morgan fingerprint density at radius 2 is 1.65 bits per heavy atom. The molecule has 258 valence electrons. The summed E-state index contributed by atoms with van der Waals surface area (Å²) >= 11 is 0. The Balaban J connectivity index is 1.36. The Morgan fingerprint density at radius 3 is 2.35 bits per heavy atom. The van der Waals surface area contributed by atoms with Gasteiger partial charge in [-0.25, -0.2) is 9.78 Å². The van der Waals surface area contributed by atoms with Crippen LogP contribution in [0.25, 0.3) is 10.9 Å². The number of hydrogen-bond donors (Lipinski definition) is 1. The van der Waals surface area contributed by atoms with Crippen molar-refractivity contribution in [2.24, 2.45) is 5.92 Å². The maximum Gasteiger partial charge on any atom is 0.416 e. The van der Waals surface area contributed by atoms with Gasteiger partial charge in [-0.2, -0.15) is 13.2 Å². The van der Waals surface area contributed by atoms with E-state index in [1.54, 1.807) is 38.1 Å². The molecular weight excluding hydrogens is 631 g/mol. The zero-order valence-corrected chi connectivity index (χ0v) is 28.3. The standard InChI is InChI=1S/C38H42F3N5O3/c1-24-13-16-27(23-31(24)38(39,40)41)44-35(47)30-12-8-22-45(36(48)49-37(2,3)4)33(30)26-14-17-29(18-15-26)46(28-10-5-6-11-28)34-32-25(19-21-43-34)9-7-20-42-32/h7,9,13-21,23,28,30,33H,5-6,8,10-12,22H2,1-4H3,(H,44,47)/t30-,33-/m0/s1. The van der Waals surface area contributed by atoms with Crippen LogP contribution in [-0.2, 0) is 15.7 Å². The third-order valence-corrected chi connectivity index (χ3v) is 9.34. The number of aryl methyl sites for hydroxylation is 1. The minimum Gasteiger partial charge on any atom is -0.444 e. The maximum absolute atomic E-state index is 13.9. The molecule has 1 N–H and O–H groups in total. The summed E-state index contributed by atoms with van der Waals surface area (Å²) in [7, 11) is 0. The van der Waals surface area contributed by atoms with E-state index in [2.05, 4.69) is 15.2 Å². The number of pyridine rings is 2. The summed E-state index contributed by atoms with van der Waals surface area (Å²) in [5, 5.41) is 3.72. The third kappa shape index (κ3) is 7.50. The number of rotatable bonds is 6. The topological polar surface area (TPSA) is 87.7 Å². The van der Waals surface area contributed by atoms with Gasteiger partial charge in [-0.3, -0.25) is 9.78 Å². The Bertz CT molecular complexity index is 1810. The van der Waals surface area contributed by atoms with Gasteiger partial charge in [-0.05, 0) is 101 Å². The number of nitrogens with zero attached hydrogens (tertiary/aromatic N) is 4. The summed E-state index contributed by atoms with van der Waals surface area (Å²) in [5.74, 6) is -0.421. The lowest BCUT2D eigenvalue weighted by Gasteiger charge is -2.41. The lowest BCUT2D eigenvalue weighted by atomic mass is 9.84. The summed E-state index contributed by atoms with van der Waals surface area (Å²) < 4.78 is 46.8. The smallest absolute Gasteiger partial charge is 0.416 e. The normalized spacial score (nSPS) is 18.8. The molecule has 2 aromatic carbocycles. The number of benzene rings is 2. The molecule has 2 atom stereocenters. The van der Waals surface area contributed by atoms with E-state index in [9.17, 15) is 22.8 Å². The molecule has 1 saturated carbocycles. The number of hydrogen-bond acceptors (Lipinski definition) is 6. The quantitative estimate of drug-likeness (QED) is 0.220. The van der Waals surface area contributed by atoms with Crippen LogP contribution < -0.4 is 10.2 Å². The van der Waals surface area contributed by atoms with E-state index in [0.717, 1.165) is 59.7 Å². The molecule has 1 aliphatic carbocycles. The molecule has 49 heavy (non-hydrogen) atoms. The van der Waals surface area contributed by atoms with Crippen LogP contribution in [0, 0.1) is 12.8 Å². The Hall–Kier alpha value is -4.67. The van der Waals surface area contributed by atoms with Gasteiger partial charge in [0.05, 0.1) is 17.5 Å². The molecule has 2 aliphatic rings. The molecule has 3 heterocycles. The van der Waals surface area contributed by atoms with Crippen molar-refractivity contribution >= 4 is 40.1 Å². The van der Waals surface area contributed by atoms with Crippen molar-refractivity contribution in [2.75, 3.05) is 16.8 Å². The van der Waals surface area contributed by atoms with Crippen molar-refractivity contribution in [1.82, 2.24) is 14.9 Å². The highest BCUT2D eigenvalue weighted by atomic mass is 19.4. The SMILES string of the molecule is Cc1ccc(NC(=O)[C@H]2CCCN(C(=O)OC(C)(C)C)[C@H]2c2ccc(N(c3nccc4cccnc34)C3CCCC3)cc2)cc1C(F)(F)F. The van der Waals surface area contributed by atoms with E-state index in [-0.39, 0.29) is 17.3 Å². The number of carbonyl (C=O) groups excluding carboxylic acids is 2. The molecule has 2 amide bonds. The van der Waals surface area contributed by atoms with Crippen molar-refractivity contribution in [1.29, 1.82) is 0 Å². The summed E-state index contributed by atoms with van der Waals surface area (Å²) in [6.45, 7) is 7.10. The van der Waals surface area contributed by atoms with E-state index in [4.69, 9.17) is 9.72 Å². The lowest BCUT2D eigenvalue weighted by Crippen LogP contribution is -2.48. The second kappa shape index (κ2) is 13.7. The van der Waals surface area contributed by atoms with Gasteiger partial charge in [-0.15, -0.1) is 0 Å². The highest BCUT2D eigenvalue weighted by Crippen LogP contribution is 2.41. The Morgan fingerprint density at radius 1 is 0.918 bits per heavy atom. The van der Waals surface area contributed by atoms with E-state index in [0.29, 0.717) is 19.4 Å². The summed E-state index contributed by atoms with van der Waals surface area (Å²) in [4.78, 5) is 40.8. The van der Waals surface area contributed by atoms with Gasteiger partial charge in [0.15, 0.2) is 5.82 Å². The number of fused-ring (bicyclic) bond motifs is 1. The number of ether oxygens (including phenoxy) is 1. The maximum atomic E-state index is 13.9. The van der Waals surface area contributed by atoms with Gasteiger partial charge in [0.1, 0.15) is 11.1 Å². The zero-order chi connectivity index (χ0) is 34.9. The second-order valence-electron chi connectivity index (χ2n) is 14.0. The van der Waals surface area contributed by atoms with Gasteiger partial charge in [-0.1, -0.05) is 37.1 Å². The van der Waals surface area contributed by atoms with Crippen LogP contribution >= 0.6 is 0 Å². The average Bonchev–Trinajstić information content (AvgIpc) is 3.59. The molecule has 4 aromatic rings. The molecule has 1 aliphatic heterocycles. The number of amides is 2. The number of aromatic nitrogens is 2. The molecule has 11 heteroatoms. The number of anilines is 3. The number of carbonyl (C=O) groups is 2. The van der Waals surface area contributed by atoms with Gasteiger partial charge >= 0.3 is 12.3 Å². The van der Waals surface area contributed by atoms with Crippen molar-refractivity contribution < 1.29 is 27.5 Å².